The third-order valence-corrected chi connectivity index (χ3v) is 2.15. The number of rotatable bonds is 4. The van der Waals surface area contributed by atoms with Crippen LogP contribution in [0.25, 0.3) is 0 Å². The van der Waals surface area contributed by atoms with E-state index < -0.39 is 34.4 Å². The molecule has 1 aromatic carbocycles. The Morgan fingerprint density at radius 1 is 1.53 bits per heavy atom. The number of nitrogens with zero attached hydrogens (tertiary/aromatic N) is 1. The van der Waals surface area contributed by atoms with Crippen LogP contribution in [0.4, 0.5) is 14.5 Å². The highest BCUT2D eigenvalue weighted by Gasteiger charge is 2.26. The topological polar surface area (TPSA) is 98.6 Å². The molecule has 3 N–H and O–H groups in total. The fraction of sp³-hybridized carbons (Fsp3) is 0.333. The zero-order chi connectivity index (χ0) is 13.2. The smallest absolute Gasteiger partial charge is 0.273 e. The van der Waals surface area contributed by atoms with Crippen molar-refractivity contribution in [3.05, 3.63) is 27.8 Å². The Hall–Kier alpha value is -1.96. The quantitative estimate of drug-likeness (QED) is 0.622. The number of hydrogen-bond donors (Lipinski definition) is 2. The van der Waals surface area contributed by atoms with Gasteiger partial charge in [0.25, 0.3) is 12.1 Å². The highest BCUT2D eigenvalue weighted by atomic mass is 19.3. The molecular formula is C9H10F2N2O4. The molecule has 0 heterocycles. The Morgan fingerprint density at radius 2 is 2.12 bits per heavy atom. The summed E-state index contributed by atoms with van der Waals surface area (Å²) in [6.07, 6.45) is -2.95. The molecule has 0 aliphatic rings. The average molecular weight is 248 g/mol. The van der Waals surface area contributed by atoms with E-state index in [1.165, 1.54) is 0 Å². The first kappa shape index (κ1) is 13.1. The number of methoxy groups -OCH3 is 1. The maximum absolute atomic E-state index is 12.4. The molecule has 17 heavy (non-hydrogen) atoms. The minimum Gasteiger partial charge on any atom is -0.504 e. The number of phenolic OH excluding ortho intramolecular Hbond substituents is 1. The summed E-state index contributed by atoms with van der Waals surface area (Å²) in [6.45, 7) is 0. The predicted octanol–water partition coefficient (Wildman–Crippen LogP) is 1.57. The number of phenols is 1. The molecule has 1 aromatic rings. The van der Waals surface area contributed by atoms with Crippen molar-refractivity contribution >= 4 is 5.69 Å². The van der Waals surface area contributed by atoms with Gasteiger partial charge in [-0.1, -0.05) is 0 Å². The van der Waals surface area contributed by atoms with Gasteiger partial charge in [0.1, 0.15) is 0 Å². The molecule has 0 aliphatic heterocycles. The summed E-state index contributed by atoms with van der Waals surface area (Å²) in [4.78, 5) is 9.78. The number of hydrogen-bond acceptors (Lipinski definition) is 5. The second kappa shape index (κ2) is 4.91. The SMILES string of the molecule is COc1cc([N+](=O)[O-])cc([C@@H](N)C(F)F)c1O. The molecule has 8 heteroatoms. The van der Waals surface area contributed by atoms with Crippen molar-refractivity contribution in [2.24, 2.45) is 5.73 Å². The number of non-ortho nitro benzene ring substituents is 1. The van der Waals surface area contributed by atoms with Crippen LogP contribution in [0.15, 0.2) is 12.1 Å². The van der Waals surface area contributed by atoms with E-state index >= 15 is 0 Å². The summed E-state index contributed by atoms with van der Waals surface area (Å²) in [5.74, 6) is -0.892. The van der Waals surface area contributed by atoms with Crippen LogP contribution < -0.4 is 10.5 Å². The van der Waals surface area contributed by atoms with Gasteiger partial charge in [0.2, 0.25) is 0 Å². The molecule has 0 aromatic heterocycles. The van der Waals surface area contributed by atoms with E-state index in [9.17, 15) is 24.0 Å². The van der Waals surface area contributed by atoms with E-state index in [0.717, 1.165) is 19.2 Å². The standard InChI is InChI=1S/C9H10F2N2O4/c1-17-6-3-4(13(15)16)2-5(8(6)14)7(12)9(10)11/h2-3,7,9,14H,12H2,1H3/t7-/m1/s1. The van der Waals surface area contributed by atoms with Gasteiger partial charge in [0, 0.05) is 11.6 Å². The Balaban J connectivity index is 3.37. The van der Waals surface area contributed by atoms with Crippen molar-refractivity contribution in [2.75, 3.05) is 7.11 Å². The largest absolute Gasteiger partial charge is 0.504 e. The first-order chi connectivity index (χ1) is 7.88. The summed E-state index contributed by atoms with van der Waals surface area (Å²) in [5, 5.41) is 20.1. The van der Waals surface area contributed by atoms with E-state index in [1.807, 2.05) is 0 Å². The Morgan fingerprint density at radius 3 is 2.53 bits per heavy atom. The van der Waals surface area contributed by atoms with Gasteiger partial charge >= 0.3 is 0 Å². The molecule has 0 unspecified atom stereocenters. The number of nitro groups is 1. The summed E-state index contributed by atoms with van der Waals surface area (Å²) in [7, 11) is 1.15. The fourth-order valence-electron chi connectivity index (χ4n) is 1.27. The lowest BCUT2D eigenvalue weighted by molar-refractivity contribution is -0.385. The Kier molecular flexibility index (Phi) is 3.79. The molecule has 0 radical (unpaired) electrons. The van der Waals surface area contributed by atoms with Crippen LogP contribution in [0.3, 0.4) is 0 Å². The molecule has 1 rings (SSSR count). The van der Waals surface area contributed by atoms with E-state index in [1.54, 1.807) is 0 Å². The van der Waals surface area contributed by atoms with E-state index in [-0.39, 0.29) is 5.75 Å². The van der Waals surface area contributed by atoms with E-state index in [0.29, 0.717) is 0 Å². The van der Waals surface area contributed by atoms with Gasteiger partial charge in [-0.15, -0.1) is 0 Å². The third-order valence-electron chi connectivity index (χ3n) is 2.15. The van der Waals surface area contributed by atoms with E-state index in [4.69, 9.17) is 5.73 Å². The van der Waals surface area contributed by atoms with Crippen molar-refractivity contribution in [2.45, 2.75) is 12.5 Å². The number of nitrogens with two attached hydrogens (primary N) is 1. The first-order valence-electron chi connectivity index (χ1n) is 4.47. The number of halogens is 2. The minimum absolute atomic E-state index is 0.273. The maximum Gasteiger partial charge on any atom is 0.273 e. The Bertz CT molecular complexity index is 439. The average Bonchev–Trinajstić information content (AvgIpc) is 2.27. The molecule has 0 saturated heterocycles. The summed E-state index contributed by atoms with van der Waals surface area (Å²) in [6, 6.07) is -0.0880. The monoisotopic (exact) mass is 248 g/mol. The summed E-state index contributed by atoms with van der Waals surface area (Å²) < 4.78 is 29.5. The first-order valence-corrected chi connectivity index (χ1v) is 4.47. The maximum atomic E-state index is 12.4. The van der Waals surface area contributed by atoms with Crippen molar-refractivity contribution in [1.82, 2.24) is 0 Å². The summed E-state index contributed by atoms with van der Waals surface area (Å²) >= 11 is 0. The number of nitro benzene ring substituents is 1. The van der Waals surface area contributed by atoms with Crippen molar-refractivity contribution in [1.29, 1.82) is 0 Å². The van der Waals surface area contributed by atoms with Crippen LogP contribution in [0.2, 0.25) is 0 Å². The summed E-state index contributed by atoms with van der Waals surface area (Å²) in [5.41, 5.74) is 4.24. The fourth-order valence-corrected chi connectivity index (χ4v) is 1.27. The zero-order valence-electron chi connectivity index (χ0n) is 8.76. The molecule has 6 nitrogen and oxygen atoms in total. The van der Waals surface area contributed by atoms with E-state index in [2.05, 4.69) is 4.74 Å². The van der Waals surface area contributed by atoms with Crippen LogP contribution in [-0.2, 0) is 0 Å². The van der Waals surface area contributed by atoms with Crippen molar-refractivity contribution in [3.63, 3.8) is 0 Å². The van der Waals surface area contributed by atoms with Gasteiger partial charge < -0.3 is 15.6 Å². The van der Waals surface area contributed by atoms with Gasteiger partial charge in [-0.3, -0.25) is 10.1 Å². The van der Waals surface area contributed by atoms with Crippen LogP contribution >= 0.6 is 0 Å². The molecule has 94 valence electrons. The van der Waals surface area contributed by atoms with Crippen LogP contribution in [0.5, 0.6) is 11.5 Å². The second-order valence-corrected chi connectivity index (χ2v) is 3.20. The molecule has 1 atom stereocenters. The molecule has 0 fully saturated rings. The highest BCUT2D eigenvalue weighted by Crippen LogP contribution is 2.38. The van der Waals surface area contributed by atoms with Gasteiger partial charge in [-0.05, 0) is 0 Å². The highest BCUT2D eigenvalue weighted by molar-refractivity contribution is 5.54. The lowest BCUT2D eigenvalue weighted by atomic mass is 10.1. The van der Waals surface area contributed by atoms with Crippen LogP contribution in [0.1, 0.15) is 11.6 Å². The van der Waals surface area contributed by atoms with Gasteiger partial charge in [0.15, 0.2) is 11.5 Å². The minimum atomic E-state index is -2.95. The molecule has 0 aliphatic carbocycles. The number of aromatic hydroxyl groups is 1. The molecule has 0 saturated carbocycles. The third kappa shape index (κ3) is 2.59. The second-order valence-electron chi connectivity index (χ2n) is 3.20. The van der Waals surface area contributed by atoms with Crippen LogP contribution in [0, 0.1) is 10.1 Å². The number of alkyl halides is 2. The van der Waals surface area contributed by atoms with Crippen molar-refractivity contribution < 1.29 is 23.5 Å². The zero-order valence-corrected chi connectivity index (χ0v) is 8.76. The van der Waals surface area contributed by atoms with Gasteiger partial charge in [-0.2, -0.15) is 0 Å². The van der Waals surface area contributed by atoms with Crippen molar-refractivity contribution in [3.8, 4) is 11.5 Å². The number of benzene rings is 1. The normalized spacial score (nSPS) is 12.5. The van der Waals surface area contributed by atoms with Gasteiger partial charge in [-0.25, -0.2) is 8.78 Å². The lowest BCUT2D eigenvalue weighted by Crippen LogP contribution is -2.19. The Labute approximate surface area is 94.8 Å². The predicted molar refractivity (Wildman–Crippen MR) is 54.2 cm³/mol. The molecule has 0 bridgehead atoms. The molecule has 0 spiro atoms. The van der Waals surface area contributed by atoms with Crippen LogP contribution in [-0.4, -0.2) is 23.6 Å². The lowest BCUT2D eigenvalue weighted by Gasteiger charge is -2.14. The number of ether oxygens (including phenoxy) is 1. The molecular weight excluding hydrogens is 238 g/mol. The molecule has 0 amide bonds. The van der Waals surface area contributed by atoms with Gasteiger partial charge in [0.05, 0.1) is 24.1 Å².